The topological polar surface area (TPSA) is 96.3 Å². The van der Waals surface area contributed by atoms with Crippen molar-refractivity contribution >= 4 is 11.9 Å². The first-order chi connectivity index (χ1) is 10.7. The van der Waals surface area contributed by atoms with Crippen LogP contribution >= 0.6 is 0 Å². The molecule has 0 amide bonds. The fraction of sp³-hybridized carbons (Fsp3) is 0.750. The molecule has 23 heavy (non-hydrogen) atoms. The van der Waals surface area contributed by atoms with Crippen molar-refractivity contribution in [2.75, 3.05) is 19.7 Å². The third-order valence-electron chi connectivity index (χ3n) is 5.63. The minimum atomic E-state index is -2.22. The van der Waals surface area contributed by atoms with E-state index >= 15 is 0 Å². The average Bonchev–Trinajstić information content (AvgIpc) is 3.06. The van der Waals surface area contributed by atoms with Crippen LogP contribution in [0.3, 0.4) is 0 Å². The molecule has 0 bridgehead atoms. The Bertz CT molecular complexity index is 567. The summed E-state index contributed by atoms with van der Waals surface area (Å²) in [6.45, 7) is 5.41. The molecule has 3 aliphatic rings. The molecule has 0 spiro atoms. The number of ether oxygens (including phenoxy) is 2. The summed E-state index contributed by atoms with van der Waals surface area (Å²) in [6, 6.07) is -0.0908. The third kappa shape index (κ3) is 2.38. The van der Waals surface area contributed by atoms with Crippen LogP contribution in [-0.4, -0.2) is 70.1 Å². The maximum Gasteiger partial charge on any atom is 0.341 e. The highest BCUT2D eigenvalue weighted by atomic mass is 16.6. The van der Waals surface area contributed by atoms with Crippen LogP contribution in [-0.2, 0) is 19.1 Å². The van der Waals surface area contributed by atoms with Gasteiger partial charge in [-0.05, 0) is 32.8 Å². The second-order valence-electron chi connectivity index (χ2n) is 7.00. The number of carbonyl (C=O) groups excluding carboxylic acids is 2. The van der Waals surface area contributed by atoms with Crippen LogP contribution in [0.1, 0.15) is 27.2 Å². The van der Waals surface area contributed by atoms with Gasteiger partial charge < -0.3 is 19.7 Å². The normalized spacial score (nSPS) is 44.9. The molecule has 7 heteroatoms. The van der Waals surface area contributed by atoms with Crippen LogP contribution in [0, 0.1) is 5.92 Å². The average molecular weight is 325 g/mol. The number of hydrogen-bond acceptors (Lipinski definition) is 7. The number of carbonyl (C=O) groups is 2. The number of hydrogen-bond donors (Lipinski definition) is 2. The molecule has 7 nitrogen and oxygen atoms in total. The van der Waals surface area contributed by atoms with E-state index in [0.717, 1.165) is 25.6 Å². The van der Waals surface area contributed by atoms with Crippen molar-refractivity contribution in [1.82, 2.24) is 4.90 Å². The van der Waals surface area contributed by atoms with Gasteiger partial charge in [0.25, 0.3) is 0 Å². The summed E-state index contributed by atoms with van der Waals surface area (Å²) >= 11 is 0. The summed E-state index contributed by atoms with van der Waals surface area (Å²) in [4.78, 5) is 26.9. The van der Waals surface area contributed by atoms with Crippen LogP contribution in [0.4, 0.5) is 0 Å². The van der Waals surface area contributed by atoms with Crippen LogP contribution in [0.2, 0.25) is 0 Å². The lowest BCUT2D eigenvalue weighted by Gasteiger charge is -2.39. The maximum atomic E-state index is 12.4. The number of esters is 2. The fourth-order valence-electron chi connectivity index (χ4n) is 3.52. The van der Waals surface area contributed by atoms with Gasteiger partial charge in [0.2, 0.25) is 0 Å². The van der Waals surface area contributed by atoms with Gasteiger partial charge in [0, 0.05) is 13.1 Å². The number of nitrogens with zero attached hydrogens (tertiary/aromatic N) is 1. The Hall–Kier alpha value is -1.44. The Morgan fingerprint density at radius 1 is 1.30 bits per heavy atom. The van der Waals surface area contributed by atoms with Crippen molar-refractivity contribution in [2.45, 2.75) is 50.5 Å². The van der Waals surface area contributed by atoms with Crippen molar-refractivity contribution in [1.29, 1.82) is 0 Å². The molecule has 2 saturated heterocycles. The van der Waals surface area contributed by atoms with Gasteiger partial charge in [0.05, 0.1) is 12.0 Å². The predicted molar refractivity (Wildman–Crippen MR) is 79.3 cm³/mol. The number of rotatable bonds is 0. The van der Waals surface area contributed by atoms with Crippen molar-refractivity contribution in [3.63, 3.8) is 0 Å². The lowest BCUT2D eigenvalue weighted by atomic mass is 9.76. The van der Waals surface area contributed by atoms with Crippen molar-refractivity contribution in [3.8, 4) is 0 Å². The van der Waals surface area contributed by atoms with E-state index in [0.29, 0.717) is 6.42 Å². The van der Waals surface area contributed by atoms with E-state index in [1.165, 1.54) is 13.8 Å². The molecule has 0 saturated carbocycles. The highest BCUT2D eigenvalue weighted by Gasteiger charge is 2.56. The van der Waals surface area contributed by atoms with Gasteiger partial charge in [-0.2, -0.15) is 0 Å². The number of aliphatic hydroxyl groups is 2. The molecule has 0 aliphatic carbocycles. The lowest BCUT2D eigenvalue weighted by Crippen LogP contribution is -2.61. The standard InChI is InChI=1S/C16H23NO6/c1-9-13(18)23-11-5-7-17-6-4-10(12(11)17)8-22-14(19)16(3,21)15(9,2)20/h4,9,11-12,20-21H,5-8H2,1-3H3. The van der Waals surface area contributed by atoms with E-state index in [4.69, 9.17) is 9.47 Å². The Morgan fingerprint density at radius 2 is 2.00 bits per heavy atom. The molecule has 5 unspecified atom stereocenters. The zero-order valence-corrected chi connectivity index (χ0v) is 13.6. The summed E-state index contributed by atoms with van der Waals surface area (Å²) in [5, 5.41) is 21.1. The second-order valence-corrected chi connectivity index (χ2v) is 7.00. The van der Waals surface area contributed by atoms with Crippen molar-refractivity contribution in [2.24, 2.45) is 5.92 Å². The molecular formula is C16H23NO6. The molecule has 0 aromatic heterocycles. The molecule has 2 N–H and O–H groups in total. The first-order valence-electron chi connectivity index (χ1n) is 7.91. The molecule has 3 heterocycles. The quantitative estimate of drug-likeness (QED) is 0.462. The van der Waals surface area contributed by atoms with Gasteiger partial charge in [-0.25, -0.2) is 4.79 Å². The van der Waals surface area contributed by atoms with E-state index < -0.39 is 29.1 Å². The maximum absolute atomic E-state index is 12.4. The van der Waals surface area contributed by atoms with Gasteiger partial charge >= 0.3 is 11.9 Å². The summed E-state index contributed by atoms with van der Waals surface area (Å²) in [5.41, 5.74) is -3.35. The highest BCUT2D eigenvalue weighted by Crippen LogP contribution is 2.36. The Balaban J connectivity index is 1.97. The van der Waals surface area contributed by atoms with E-state index in [1.807, 2.05) is 6.08 Å². The van der Waals surface area contributed by atoms with E-state index in [1.54, 1.807) is 0 Å². The number of cyclic esters (lactones) is 1. The Labute approximate surface area is 134 Å². The minimum Gasteiger partial charge on any atom is -0.460 e. The summed E-state index contributed by atoms with van der Waals surface area (Å²) in [5.74, 6) is -2.65. The van der Waals surface area contributed by atoms with Gasteiger partial charge in [0.1, 0.15) is 18.3 Å². The Morgan fingerprint density at radius 3 is 2.70 bits per heavy atom. The lowest BCUT2D eigenvalue weighted by molar-refractivity contribution is -0.205. The van der Waals surface area contributed by atoms with Gasteiger partial charge in [-0.1, -0.05) is 6.08 Å². The smallest absolute Gasteiger partial charge is 0.341 e. The molecule has 3 aliphatic heterocycles. The summed E-state index contributed by atoms with van der Waals surface area (Å²) in [6.07, 6.45) is 2.34. The van der Waals surface area contributed by atoms with Crippen molar-refractivity contribution < 1.29 is 29.3 Å². The molecule has 0 aromatic carbocycles. The molecule has 0 aromatic rings. The fourth-order valence-corrected chi connectivity index (χ4v) is 3.52. The zero-order valence-electron chi connectivity index (χ0n) is 13.6. The van der Waals surface area contributed by atoms with Crippen molar-refractivity contribution in [3.05, 3.63) is 11.6 Å². The van der Waals surface area contributed by atoms with E-state index in [-0.39, 0.29) is 18.8 Å². The van der Waals surface area contributed by atoms with Crippen LogP contribution in [0.25, 0.3) is 0 Å². The molecular weight excluding hydrogens is 302 g/mol. The summed E-state index contributed by atoms with van der Waals surface area (Å²) in [7, 11) is 0. The first-order valence-corrected chi connectivity index (χ1v) is 7.91. The van der Waals surface area contributed by atoms with Gasteiger partial charge in [0.15, 0.2) is 5.60 Å². The monoisotopic (exact) mass is 325 g/mol. The predicted octanol–water partition coefficient (Wildman–Crippen LogP) is -0.393. The van der Waals surface area contributed by atoms with Crippen LogP contribution in [0.15, 0.2) is 11.6 Å². The minimum absolute atomic E-state index is 0.0225. The van der Waals surface area contributed by atoms with Crippen LogP contribution in [0.5, 0.6) is 0 Å². The molecule has 5 atom stereocenters. The molecule has 0 radical (unpaired) electrons. The third-order valence-corrected chi connectivity index (χ3v) is 5.63. The van der Waals surface area contributed by atoms with Gasteiger partial charge in [-0.15, -0.1) is 0 Å². The second kappa shape index (κ2) is 5.29. The zero-order chi connectivity index (χ0) is 17.0. The van der Waals surface area contributed by atoms with E-state index in [9.17, 15) is 19.8 Å². The van der Waals surface area contributed by atoms with Crippen LogP contribution < -0.4 is 0 Å². The Kier molecular flexibility index (Phi) is 3.78. The van der Waals surface area contributed by atoms with E-state index in [2.05, 4.69) is 4.90 Å². The van der Waals surface area contributed by atoms with Gasteiger partial charge in [-0.3, -0.25) is 9.69 Å². The molecule has 3 rings (SSSR count). The molecule has 128 valence electrons. The highest BCUT2D eigenvalue weighted by molar-refractivity contribution is 5.83. The molecule has 2 fully saturated rings. The first kappa shape index (κ1) is 16.4. The summed E-state index contributed by atoms with van der Waals surface area (Å²) < 4.78 is 10.8. The SMILES string of the molecule is CC1C(=O)OC2CCN3CC=C(COC(=O)C(C)(O)C1(C)O)C23. The largest absolute Gasteiger partial charge is 0.460 e.